The average Bonchev–Trinajstić information content (AvgIpc) is 2.68. The molecule has 0 radical (unpaired) electrons. The van der Waals surface area contributed by atoms with E-state index in [0.29, 0.717) is 17.5 Å². The van der Waals surface area contributed by atoms with E-state index in [-0.39, 0.29) is 6.54 Å². The second kappa shape index (κ2) is 4.88. The summed E-state index contributed by atoms with van der Waals surface area (Å²) in [7, 11) is 0. The van der Waals surface area contributed by atoms with Crippen LogP contribution in [0, 0.1) is 11.3 Å². The number of alkyl halides is 5. The van der Waals surface area contributed by atoms with E-state index in [9.17, 15) is 22.0 Å². The molecule has 0 N–H and O–H groups in total. The number of unbranched alkanes of at least 4 members (excludes halogenated alkanes) is 1. The average molecular weight is 268 g/mol. The molecule has 0 aromatic carbocycles. The van der Waals surface area contributed by atoms with Gasteiger partial charge in [-0.3, -0.25) is 0 Å². The molecule has 0 aliphatic carbocycles. The summed E-state index contributed by atoms with van der Waals surface area (Å²) >= 11 is 0. The van der Waals surface area contributed by atoms with Gasteiger partial charge in [0.25, 0.3) is 0 Å². The van der Waals surface area contributed by atoms with Crippen molar-refractivity contribution in [3.05, 3.63) is 11.4 Å². The normalized spacial score (nSPS) is 12.5. The van der Waals surface area contributed by atoms with E-state index in [4.69, 9.17) is 5.26 Å². The van der Waals surface area contributed by atoms with E-state index in [2.05, 4.69) is 10.3 Å². The zero-order valence-corrected chi connectivity index (χ0v) is 9.30. The first-order valence-corrected chi connectivity index (χ1v) is 5.04. The second-order valence-electron chi connectivity index (χ2n) is 3.55. The molecule has 0 atom stereocenters. The Labute approximate surface area is 99.0 Å². The summed E-state index contributed by atoms with van der Waals surface area (Å²) in [6.07, 6.45) is -4.85. The van der Waals surface area contributed by atoms with Crippen LogP contribution in [0.5, 0.6) is 0 Å². The summed E-state index contributed by atoms with van der Waals surface area (Å²) in [5, 5.41) is 14.7. The van der Waals surface area contributed by atoms with Crippen molar-refractivity contribution >= 4 is 0 Å². The molecule has 18 heavy (non-hydrogen) atoms. The Balaban J connectivity index is 3.28. The van der Waals surface area contributed by atoms with Crippen molar-refractivity contribution in [3.8, 4) is 6.07 Å². The zero-order chi connectivity index (χ0) is 14.0. The highest BCUT2D eigenvalue weighted by atomic mass is 19.4. The topological polar surface area (TPSA) is 54.5 Å². The molecule has 0 aliphatic rings. The van der Waals surface area contributed by atoms with E-state index in [1.165, 1.54) is 6.07 Å². The minimum Gasteiger partial charge on any atom is -0.241 e. The number of aromatic nitrogens is 3. The van der Waals surface area contributed by atoms with Gasteiger partial charge in [-0.1, -0.05) is 18.6 Å². The second-order valence-corrected chi connectivity index (χ2v) is 3.55. The first kappa shape index (κ1) is 14.3. The SMILES string of the molecule is CCCCn1nnc(C#N)c1C(F)(F)C(F)(F)F. The third-order valence-electron chi connectivity index (χ3n) is 2.22. The van der Waals surface area contributed by atoms with E-state index in [1.807, 2.05) is 0 Å². The maximum absolute atomic E-state index is 13.3. The molecule has 1 aromatic heterocycles. The van der Waals surface area contributed by atoms with Gasteiger partial charge in [0.2, 0.25) is 0 Å². The number of nitrogens with zero attached hydrogens (tertiary/aromatic N) is 4. The molecule has 9 heteroatoms. The van der Waals surface area contributed by atoms with E-state index in [0.717, 1.165) is 0 Å². The number of nitriles is 1. The van der Waals surface area contributed by atoms with Crippen LogP contribution >= 0.6 is 0 Å². The molecule has 0 saturated carbocycles. The fraction of sp³-hybridized carbons (Fsp3) is 0.667. The van der Waals surface area contributed by atoms with E-state index in [1.54, 1.807) is 6.92 Å². The molecule has 100 valence electrons. The third kappa shape index (κ3) is 2.42. The third-order valence-corrected chi connectivity index (χ3v) is 2.22. The van der Waals surface area contributed by atoms with Crippen molar-refractivity contribution < 1.29 is 22.0 Å². The Morgan fingerprint density at radius 3 is 2.33 bits per heavy atom. The Hall–Kier alpha value is -1.72. The van der Waals surface area contributed by atoms with Crippen LogP contribution in [0.2, 0.25) is 0 Å². The van der Waals surface area contributed by atoms with Crippen molar-refractivity contribution in [2.75, 3.05) is 0 Å². The lowest BCUT2D eigenvalue weighted by atomic mass is 10.2. The molecule has 0 unspecified atom stereocenters. The Morgan fingerprint density at radius 1 is 1.28 bits per heavy atom. The summed E-state index contributed by atoms with van der Waals surface area (Å²) in [5.74, 6) is -5.14. The summed E-state index contributed by atoms with van der Waals surface area (Å²) in [4.78, 5) is 0. The summed E-state index contributed by atoms with van der Waals surface area (Å²) < 4.78 is 63.8. The molecule has 0 fully saturated rings. The number of halogens is 5. The van der Waals surface area contributed by atoms with Crippen LogP contribution in [0.4, 0.5) is 22.0 Å². The Morgan fingerprint density at radius 2 is 1.89 bits per heavy atom. The highest BCUT2D eigenvalue weighted by molar-refractivity contribution is 5.29. The van der Waals surface area contributed by atoms with Gasteiger partial charge in [0.15, 0.2) is 11.4 Å². The number of rotatable bonds is 4. The predicted octanol–water partition coefficient (Wildman–Crippen LogP) is 2.60. The molecule has 0 saturated heterocycles. The van der Waals surface area contributed by atoms with Crippen LogP contribution in [0.3, 0.4) is 0 Å². The van der Waals surface area contributed by atoms with Crippen molar-refractivity contribution in [1.29, 1.82) is 5.26 Å². The highest BCUT2D eigenvalue weighted by Gasteiger charge is 2.62. The van der Waals surface area contributed by atoms with Crippen LogP contribution < -0.4 is 0 Å². The van der Waals surface area contributed by atoms with Crippen LogP contribution in [0.1, 0.15) is 31.2 Å². The fourth-order valence-corrected chi connectivity index (χ4v) is 1.30. The van der Waals surface area contributed by atoms with Crippen molar-refractivity contribution in [2.45, 2.75) is 38.4 Å². The lowest BCUT2D eigenvalue weighted by molar-refractivity contribution is -0.292. The largest absolute Gasteiger partial charge is 0.459 e. The Bertz CT molecular complexity index is 457. The van der Waals surface area contributed by atoms with Gasteiger partial charge in [-0.25, -0.2) is 4.68 Å². The number of hydrogen-bond donors (Lipinski definition) is 0. The summed E-state index contributed by atoms with van der Waals surface area (Å²) in [6.45, 7) is 1.59. The maximum Gasteiger partial charge on any atom is 0.459 e. The molecule has 1 rings (SSSR count). The molecule has 0 amide bonds. The molecule has 0 aliphatic heterocycles. The van der Waals surface area contributed by atoms with Crippen molar-refractivity contribution in [2.24, 2.45) is 0 Å². The van der Waals surface area contributed by atoms with E-state index >= 15 is 0 Å². The summed E-state index contributed by atoms with van der Waals surface area (Å²) in [6, 6.07) is 1.20. The smallest absolute Gasteiger partial charge is 0.241 e. The van der Waals surface area contributed by atoms with Crippen LogP contribution in [0.25, 0.3) is 0 Å². The quantitative estimate of drug-likeness (QED) is 0.789. The minimum absolute atomic E-state index is 0.147. The van der Waals surface area contributed by atoms with Gasteiger partial charge in [0.05, 0.1) is 0 Å². The highest BCUT2D eigenvalue weighted by Crippen LogP contribution is 2.44. The van der Waals surface area contributed by atoms with Gasteiger partial charge in [-0.15, -0.1) is 5.10 Å². The maximum atomic E-state index is 13.3. The van der Waals surface area contributed by atoms with Gasteiger partial charge >= 0.3 is 12.1 Å². The number of aryl methyl sites for hydroxylation is 1. The van der Waals surface area contributed by atoms with Gasteiger partial charge < -0.3 is 0 Å². The molecule has 1 heterocycles. The fourth-order valence-electron chi connectivity index (χ4n) is 1.30. The van der Waals surface area contributed by atoms with Crippen LogP contribution in [-0.4, -0.2) is 21.2 Å². The standard InChI is InChI=1S/C9H9F5N4/c1-2-3-4-18-7(6(5-15)16-17-18)8(10,11)9(12,13)14/h2-4H2,1H3. The van der Waals surface area contributed by atoms with Gasteiger partial charge in [0, 0.05) is 6.54 Å². The molecular formula is C9H9F5N4. The number of hydrogen-bond acceptors (Lipinski definition) is 3. The van der Waals surface area contributed by atoms with Gasteiger partial charge in [-0.2, -0.15) is 27.2 Å². The van der Waals surface area contributed by atoms with Crippen LogP contribution in [-0.2, 0) is 12.5 Å². The van der Waals surface area contributed by atoms with E-state index < -0.39 is 23.5 Å². The molecule has 1 aromatic rings. The van der Waals surface area contributed by atoms with Crippen molar-refractivity contribution in [1.82, 2.24) is 15.0 Å². The predicted molar refractivity (Wildman–Crippen MR) is 49.6 cm³/mol. The molecule has 0 spiro atoms. The summed E-state index contributed by atoms with van der Waals surface area (Å²) in [5.41, 5.74) is -2.50. The lowest BCUT2D eigenvalue weighted by Crippen LogP contribution is -2.36. The monoisotopic (exact) mass is 268 g/mol. The van der Waals surface area contributed by atoms with Crippen molar-refractivity contribution in [3.63, 3.8) is 0 Å². The Kier molecular flexibility index (Phi) is 3.88. The molecule has 4 nitrogen and oxygen atoms in total. The molecular weight excluding hydrogens is 259 g/mol. The minimum atomic E-state index is -5.79. The van der Waals surface area contributed by atoms with Gasteiger partial charge in [-0.05, 0) is 6.42 Å². The molecule has 0 bridgehead atoms. The zero-order valence-electron chi connectivity index (χ0n) is 9.30. The first-order valence-electron chi connectivity index (χ1n) is 5.04. The van der Waals surface area contributed by atoms with Gasteiger partial charge in [0.1, 0.15) is 6.07 Å². The van der Waals surface area contributed by atoms with Crippen LogP contribution in [0.15, 0.2) is 0 Å². The lowest BCUT2D eigenvalue weighted by Gasteiger charge is -2.20. The first-order chi connectivity index (χ1) is 8.25.